The number of rotatable bonds is 58. The second-order valence-corrected chi connectivity index (χ2v) is 24.4. The molecule has 456 valence electrons. The first kappa shape index (κ1) is 75.1. The first-order valence-electron chi connectivity index (χ1n) is 30.6. The van der Waals surface area contributed by atoms with Crippen molar-refractivity contribution in [3.63, 3.8) is 0 Å². The summed E-state index contributed by atoms with van der Waals surface area (Å²) < 4.78 is 67.6. The smallest absolute Gasteiger partial charge is 0.462 e. The number of phosphoric ester groups is 2. The van der Waals surface area contributed by atoms with Gasteiger partial charge >= 0.3 is 39.5 Å². The van der Waals surface area contributed by atoms with Gasteiger partial charge in [-0.2, -0.15) is 0 Å². The molecule has 5 atom stereocenters. The van der Waals surface area contributed by atoms with E-state index in [1.807, 2.05) is 0 Å². The molecule has 0 aliphatic rings. The van der Waals surface area contributed by atoms with Crippen LogP contribution in [0.5, 0.6) is 0 Å². The summed E-state index contributed by atoms with van der Waals surface area (Å²) in [6.45, 7) is 7.03. The Morgan fingerprint density at radius 1 is 0.351 bits per heavy atom. The van der Waals surface area contributed by atoms with Crippen LogP contribution in [-0.4, -0.2) is 96.7 Å². The Hall–Kier alpha value is -1.94. The lowest BCUT2D eigenvalue weighted by Crippen LogP contribution is -2.30. The lowest BCUT2D eigenvalue weighted by Gasteiger charge is -2.21. The van der Waals surface area contributed by atoms with Gasteiger partial charge in [0.2, 0.25) is 0 Å². The fourth-order valence-corrected chi connectivity index (χ4v) is 10.1. The van der Waals surface area contributed by atoms with Crippen LogP contribution in [0.25, 0.3) is 0 Å². The molecule has 0 aromatic rings. The lowest BCUT2D eigenvalue weighted by atomic mass is 10.0. The van der Waals surface area contributed by atoms with E-state index < -0.39 is 97.5 Å². The number of aliphatic hydroxyl groups excluding tert-OH is 1. The highest BCUT2D eigenvalue weighted by molar-refractivity contribution is 7.47. The Labute approximate surface area is 467 Å². The van der Waals surface area contributed by atoms with Crippen LogP contribution in [0.2, 0.25) is 0 Å². The minimum atomic E-state index is -4.94. The van der Waals surface area contributed by atoms with Crippen LogP contribution >= 0.6 is 15.6 Å². The second-order valence-electron chi connectivity index (χ2n) is 21.5. The zero-order chi connectivity index (χ0) is 57.1. The molecule has 0 aliphatic heterocycles. The molecule has 0 saturated carbocycles. The van der Waals surface area contributed by atoms with E-state index >= 15 is 0 Å². The molecule has 3 N–H and O–H groups in total. The number of hydrogen-bond acceptors (Lipinski definition) is 15. The van der Waals surface area contributed by atoms with Crippen molar-refractivity contribution in [2.24, 2.45) is 5.92 Å². The average Bonchev–Trinajstić information content (AvgIpc) is 3.39. The van der Waals surface area contributed by atoms with E-state index in [0.717, 1.165) is 115 Å². The molecule has 77 heavy (non-hydrogen) atoms. The standard InChI is InChI=1S/C58H112O17P2/c1-6-9-12-15-18-20-21-22-28-32-37-42-56(61)69-48-54(75-58(63)44-39-34-29-24-23-26-30-35-40-51(4)5)50-73-77(66,67)71-46-52(59)45-70-76(64,65)72-49-53(47-68-55(60)41-36-31-25-17-14-11-8-3)74-57(62)43-38-33-27-19-16-13-10-7-2/h51-54,59H,6-50H2,1-5H3,(H,64,65)(H,66,67)/t52-,53+,54+/m0/s1. The molecular weight excluding hydrogens is 1030 g/mol. The molecule has 17 nitrogen and oxygen atoms in total. The summed E-state index contributed by atoms with van der Waals surface area (Å²) in [7, 11) is -9.86. The van der Waals surface area contributed by atoms with Gasteiger partial charge in [0, 0.05) is 25.7 Å². The van der Waals surface area contributed by atoms with Gasteiger partial charge in [-0.1, -0.05) is 234 Å². The zero-order valence-corrected chi connectivity index (χ0v) is 50.9. The van der Waals surface area contributed by atoms with Gasteiger partial charge in [-0.15, -0.1) is 0 Å². The van der Waals surface area contributed by atoms with E-state index in [2.05, 4.69) is 34.6 Å². The molecule has 0 spiro atoms. The van der Waals surface area contributed by atoms with Gasteiger partial charge in [-0.05, 0) is 31.6 Å². The van der Waals surface area contributed by atoms with E-state index in [4.69, 9.17) is 37.0 Å². The summed E-state index contributed by atoms with van der Waals surface area (Å²) in [5, 5.41) is 10.5. The number of carbonyl (C=O) groups is 4. The summed E-state index contributed by atoms with van der Waals surface area (Å²) in [5.74, 6) is -1.43. The number of unbranched alkanes of at least 4 members (excludes halogenated alkanes) is 30. The number of ether oxygens (including phenoxy) is 4. The van der Waals surface area contributed by atoms with Crippen LogP contribution in [0.1, 0.15) is 285 Å². The van der Waals surface area contributed by atoms with Crippen molar-refractivity contribution in [2.45, 2.75) is 303 Å². The van der Waals surface area contributed by atoms with Crippen LogP contribution in [0, 0.1) is 5.92 Å². The van der Waals surface area contributed by atoms with Gasteiger partial charge in [0.25, 0.3) is 0 Å². The van der Waals surface area contributed by atoms with E-state index in [1.54, 1.807) is 0 Å². The van der Waals surface area contributed by atoms with Crippen molar-refractivity contribution in [1.29, 1.82) is 0 Å². The number of aliphatic hydroxyl groups is 1. The Morgan fingerprint density at radius 2 is 0.597 bits per heavy atom. The quantitative estimate of drug-likeness (QED) is 0.0222. The molecule has 0 aromatic carbocycles. The number of hydrogen-bond donors (Lipinski definition) is 3. The van der Waals surface area contributed by atoms with Gasteiger partial charge in [-0.25, -0.2) is 9.13 Å². The van der Waals surface area contributed by atoms with E-state index in [-0.39, 0.29) is 25.7 Å². The summed E-state index contributed by atoms with van der Waals surface area (Å²) in [6, 6.07) is 0. The third-order valence-electron chi connectivity index (χ3n) is 13.3. The van der Waals surface area contributed by atoms with Crippen molar-refractivity contribution < 1.29 is 80.2 Å². The topological polar surface area (TPSA) is 237 Å². The maximum Gasteiger partial charge on any atom is 0.472 e. The highest BCUT2D eigenvalue weighted by Crippen LogP contribution is 2.45. The van der Waals surface area contributed by atoms with Gasteiger partial charge < -0.3 is 33.8 Å². The Balaban J connectivity index is 5.20. The third-order valence-corrected chi connectivity index (χ3v) is 15.2. The van der Waals surface area contributed by atoms with Crippen molar-refractivity contribution >= 4 is 39.5 Å². The molecular formula is C58H112O17P2. The summed E-state index contributed by atoms with van der Waals surface area (Å²) in [4.78, 5) is 71.7. The molecule has 0 rings (SSSR count). The van der Waals surface area contributed by atoms with Crippen LogP contribution in [0.15, 0.2) is 0 Å². The molecule has 2 unspecified atom stereocenters. The number of esters is 4. The molecule has 0 saturated heterocycles. The maximum absolute atomic E-state index is 12.9. The molecule has 0 aliphatic carbocycles. The molecule has 0 aromatic heterocycles. The lowest BCUT2D eigenvalue weighted by molar-refractivity contribution is -0.161. The van der Waals surface area contributed by atoms with Crippen LogP contribution in [0.4, 0.5) is 0 Å². The van der Waals surface area contributed by atoms with E-state index in [0.29, 0.717) is 25.7 Å². The predicted molar refractivity (Wildman–Crippen MR) is 303 cm³/mol. The van der Waals surface area contributed by atoms with E-state index in [9.17, 15) is 43.2 Å². The minimum Gasteiger partial charge on any atom is -0.462 e. The molecule has 0 heterocycles. The normalized spacial score (nSPS) is 14.4. The van der Waals surface area contributed by atoms with Crippen molar-refractivity contribution in [3.8, 4) is 0 Å². The third kappa shape index (κ3) is 53.2. The van der Waals surface area contributed by atoms with Gasteiger partial charge in [0.15, 0.2) is 12.2 Å². The molecule has 0 amide bonds. The minimum absolute atomic E-state index is 0.104. The number of phosphoric acid groups is 2. The molecule has 0 fully saturated rings. The highest BCUT2D eigenvalue weighted by atomic mass is 31.2. The van der Waals surface area contributed by atoms with Crippen molar-refractivity contribution in [3.05, 3.63) is 0 Å². The maximum atomic E-state index is 12.9. The molecule has 0 bridgehead atoms. The summed E-state index contributed by atoms with van der Waals surface area (Å²) >= 11 is 0. The monoisotopic (exact) mass is 1140 g/mol. The second kappa shape index (κ2) is 52.2. The fraction of sp³-hybridized carbons (Fsp3) is 0.931. The van der Waals surface area contributed by atoms with Crippen LogP contribution in [-0.2, 0) is 65.4 Å². The first-order valence-corrected chi connectivity index (χ1v) is 33.6. The van der Waals surface area contributed by atoms with Crippen molar-refractivity contribution in [1.82, 2.24) is 0 Å². The SMILES string of the molecule is CCCCCCCCCCCCCC(=O)OC[C@H](COP(=O)(O)OC[C@@H](O)COP(=O)(O)OC[C@@H](COC(=O)CCCCCCCCC)OC(=O)CCCCCCCCCC)OC(=O)CCCCCCCCCCC(C)C. The Bertz CT molecular complexity index is 1520. The van der Waals surface area contributed by atoms with Crippen molar-refractivity contribution in [2.75, 3.05) is 39.6 Å². The molecule has 19 heteroatoms. The average molecular weight is 1140 g/mol. The van der Waals surface area contributed by atoms with Gasteiger partial charge in [-0.3, -0.25) is 37.3 Å². The van der Waals surface area contributed by atoms with Gasteiger partial charge in [0.1, 0.15) is 19.3 Å². The summed E-state index contributed by atoms with van der Waals surface area (Å²) in [5.41, 5.74) is 0. The molecule has 0 radical (unpaired) electrons. The Kier molecular flexibility index (Phi) is 50.8. The summed E-state index contributed by atoms with van der Waals surface area (Å²) in [6.07, 6.45) is 33.6. The largest absolute Gasteiger partial charge is 0.472 e. The fourth-order valence-electron chi connectivity index (χ4n) is 8.52. The predicted octanol–water partition coefficient (Wildman–Crippen LogP) is 15.5. The van der Waals surface area contributed by atoms with Crippen LogP contribution in [0.3, 0.4) is 0 Å². The first-order chi connectivity index (χ1) is 37.0. The Morgan fingerprint density at radius 3 is 0.883 bits per heavy atom. The van der Waals surface area contributed by atoms with Crippen LogP contribution < -0.4 is 0 Å². The van der Waals surface area contributed by atoms with Gasteiger partial charge in [0.05, 0.1) is 26.4 Å². The van der Waals surface area contributed by atoms with E-state index in [1.165, 1.54) is 89.9 Å². The highest BCUT2D eigenvalue weighted by Gasteiger charge is 2.30. The number of carbonyl (C=O) groups excluding carboxylic acids is 4. The zero-order valence-electron chi connectivity index (χ0n) is 49.1.